The van der Waals surface area contributed by atoms with E-state index in [0.717, 1.165) is 0 Å². The second-order valence-corrected chi connectivity index (χ2v) is 6.13. The molecule has 3 aromatic rings. The van der Waals surface area contributed by atoms with Crippen molar-refractivity contribution in [1.29, 1.82) is 0 Å². The normalized spacial score (nSPS) is 10.7. The lowest BCUT2D eigenvalue weighted by molar-refractivity contribution is 0.0744. The predicted molar refractivity (Wildman–Crippen MR) is 97.7 cm³/mol. The Labute approximate surface area is 154 Å². The maximum absolute atomic E-state index is 13.4. The van der Waals surface area contributed by atoms with E-state index in [1.54, 1.807) is 33.7 Å². The molecule has 0 radical (unpaired) electrons. The number of aromatic nitrogens is 2. The first-order valence-corrected chi connectivity index (χ1v) is 8.50. The summed E-state index contributed by atoms with van der Waals surface area (Å²) in [5.41, 5.74) is 1.62. The number of rotatable bonds is 5. The van der Waals surface area contributed by atoms with Crippen LogP contribution >= 0.6 is 12.2 Å². The number of carbonyl (C=O) groups excluding carboxylic acids is 1. The molecule has 0 saturated heterocycles. The van der Waals surface area contributed by atoms with Crippen molar-refractivity contribution in [3.63, 3.8) is 0 Å². The third-order valence-corrected chi connectivity index (χ3v) is 4.31. The van der Waals surface area contributed by atoms with Crippen molar-refractivity contribution >= 4 is 18.1 Å². The van der Waals surface area contributed by atoms with Crippen LogP contribution in [0.25, 0.3) is 5.69 Å². The summed E-state index contributed by atoms with van der Waals surface area (Å²) in [6, 6.07) is 11.9. The summed E-state index contributed by atoms with van der Waals surface area (Å²) in [4.78, 5) is 17.5. The Morgan fingerprint density at radius 2 is 1.88 bits per heavy atom. The highest BCUT2D eigenvalue weighted by molar-refractivity contribution is 7.71. The van der Waals surface area contributed by atoms with E-state index >= 15 is 0 Å². The van der Waals surface area contributed by atoms with Crippen molar-refractivity contribution in [3.05, 3.63) is 82.4 Å². The minimum atomic E-state index is -0.370. The molecule has 0 aliphatic carbocycles. The van der Waals surface area contributed by atoms with Crippen molar-refractivity contribution in [2.75, 3.05) is 6.54 Å². The van der Waals surface area contributed by atoms with Gasteiger partial charge in [0, 0.05) is 25.0 Å². The average Bonchev–Trinajstić information content (AvgIpc) is 3.01. The van der Waals surface area contributed by atoms with Crippen LogP contribution < -0.4 is 0 Å². The van der Waals surface area contributed by atoms with Crippen LogP contribution in [0.2, 0.25) is 0 Å². The molecule has 1 heterocycles. The van der Waals surface area contributed by atoms with Gasteiger partial charge in [0.1, 0.15) is 17.3 Å². The van der Waals surface area contributed by atoms with Gasteiger partial charge in [0.05, 0.1) is 0 Å². The van der Waals surface area contributed by atoms with Crippen molar-refractivity contribution in [2.45, 2.75) is 13.5 Å². The highest BCUT2D eigenvalue weighted by Gasteiger charge is 2.20. The van der Waals surface area contributed by atoms with Gasteiger partial charge in [-0.2, -0.15) is 0 Å². The van der Waals surface area contributed by atoms with Gasteiger partial charge in [0.15, 0.2) is 4.77 Å². The SMILES string of the molecule is CCN(Cc1cccc(F)c1)C(=O)c1c[nH]c(=S)n1-c1ccc(F)cc1. The van der Waals surface area contributed by atoms with Crippen LogP contribution in [-0.4, -0.2) is 26.9 Å². The third kappa shape index (κ3) is 3.72. The molecule has 7 heteroatoms. The molecule has 3 rings (SSSR count). The number of hydrogen-bond donors (Lipinski definition) is 1. The van der Waals surface area contributed by atoms with E-state index in [9.17, 15) is 13.6 Å². The molecule has 1 N–H and O–H groups in total. The van der Waals surface area contributed by atoms with E-state index in [1.165, 1.54) is 30.5 Å². The van der Waals surface area contributed by atoms with Gasteiger partial charge in [-0.15, -0.1) is 0 Å². The Morgan fingerprint density at radius 1 is 1.15 bits per heavy atom. The monoisotopic (exact) mass is 373 g/mol. The smallest absolute Gasteiger partial charge is 0.272 e. The molecule has 1 aromatic heterocycles. The number of H-pyrrole nitrogens is 1. The quantitative estimate of drug-likeness (QED) is 0.670. The highest BCUT2D eigenvalue weighted by atomic mass is 32.1. The molecule has 0 unspecified atom stereocenters. The Morgan fingerprint density at radius 3 is 2.54 bits per heavy atom. The zero-order chi connectivity index (χ0) is 18.7. The van der Waals surface area contributed by atoms with Gasteiger partial charge in [0.2, 0.25) is 0 Å². The van der Waals surface area contributed by atoms with Crippen LogP contribution in [0.5, 0.6) is 0 Å². The maximum Gasteiger partial charge on any atom is 0.272 e. The van der Waals surface area contributed by atoms with Gasteiger partial charge in [0.25, 0.3) is 5.91 Å². The average molecular weight is 373 g/mol. The fraction of sp³-hybridized carbons (Fsp3) is 0.158. The van der Waals surface area contributed by atoms with Crippen LogP contribution in [0.15, 0.2) is 54.7 Å². The van der Waals surface area contributed by atoms with Crippen LogP contribution in [0.3, 0.4) is 0 Å². The predicted octanol–water partition coefficient (Wildman–Crippen LogP) is 4.48. The zero-order valence-corrected chi connectivity index (χ0v) is 14.9. The second-order valence-electron chi connectivity index (χ2n) is 5.74. The third-order valence-electron chi connectivity index (χ3n) is 4.01. The minimum absolute atomic E-state index is 0.256. The second kappa shape index (κ2) is 7.61. The van der Waals surface area contributed by atoms with E-state index in [-0.39, 0.29) is 24.1 Å². The molecule has 2 aromatic carbocycles. The van der Waals surface area contributed by atoms with Gasteiger partial charge < -0.3 is 9.88 Å². The largest absolute Gasteiger partial charge is 0.336 e. The van der Waals surface area contributed by atoms with Crippen molar-refractivity contribution in [1.82, 2.24) is 14.5 Å². The fourth-order valence-corrected chi connectivity index (χ4v) is 2.98. The van der Waals surface area contributed by atoms with Crippen LogP contribution in [0, 0.1) is 16.4 Å². The summed E-state index contributed by atoms with van der Waals surface area (Å²) in [5.74, 6) is -0.972. The van der Waals surface area contributed by atoms with Crippen LogP contribution in [0.1, 0.15) is 23.0 Å². The number of imidazole rings is 1. The maximum atomic E-state index is 13.4. The summed E-state index contributed by atoms with van der Waals surface area (Å²) in [5, 5.41) is 0. The lowest BCUT2D eigenvalue weighted by atomic mass is 10.2. The first kappa shape index (κ1) is 18.0. The molecular weight excluding hydrogens is 356 g/mol. The molecule has 0 spiro atoms. The molecule has 1 amide bonds. The summed E-state index contributed by atoms with van der Waals surface area (Å²) in [7, 11) is 0. The first-order valence-electron chi connectivity index (χ1n) is 8.09. The zero-order valence-electron chi connectivity index (χ0n) is 14.1. The Bertz CT molecular complexity index is 979. The molecule has 26 heavy (non-hydrogen) atoms. The number of nitrogens with zero attached hydrogens (tertiary/aromatic N) is 2. The number of benzene rings is 2. The van der Waals surface area contributed by atoms with E-state index in [1.807, 2.05) is 6.92 Å². The minimum Gasteiger partial charge on any atom is -0.336 e. The van der Waals surface area contributed by atoms with Gasteiger partial charge >= 0.3 is 0 Å². The van der Waals surface area contributed by atoms with E-state index in [4.69, 9.17) is 12.2 Å². The molecule has 0 atom stereocenters. The Hall–Kier alpha value is -2.80. The van der Waals surface area contributed by atoms with E-state index < -0.39 is 0 Å². The molecular formula is C19H17F2N3OS. The van der Waals surface area contributed by atoms with Crippen molar-refractivity contribution in [3.8, 4) is 5.69 Å². The first-order chi connectivity index (χ1) is 12.5. The fourth-order valence-electron chi connectivity index (χ4n) is 2.72. The standard InChI is InChI=1S/C19H17F2N3OS/c1-2-23(12-13-4-3-5-15(21)10-13)18(25)17-11-22-19(26)24(17)16-8-6-14(20)7-9-16/h3-11H,2,12H2,1H3,(H,22,26). The molecule has 134 valence electrons. The summed E-state index contributed by atoms with van der Waals surface area (Å²) in [6.45, 7) is 2.56. The number of nitrogens with one attached hydrogen (secondary N) is 1. The Kier molecular flexibility index (Phi) is 5.27. The number of halogens is 2. The van der Waals surface area contributed by atoms with Gasteiger partial charge in [-0.3, -0.25) is 9.36 Å². The van der Waals surface area contributed by atoms with Crippen molar-refractivity contribution < 1.29 is 13.6 Å². The topological polar surface area (TPSA) is 41.0 Å². The number of carbonyl (C=O) groups is 1. The van der Waals surface area contributed by atoms with Gasteiger partial charge in [-0.05, 0) is 61.1 Å². The summed E-state index contributed by atoms with van der Waals surface area (Å²) < 4.78 is 28.5. The van der Waals surface area contributed by atoms with Crippen LogP contribution in [-0.2, 0) is 6.54 Å². The van der Waals surface area contributed by atoms with Crippen molar-refractivity contribution in [2.24, 2.45) is 0 Å². The molecule has 0 fully saturated rings. The molecule has 0 saturated carbocycles. The van der Waals surface area contributed by atoms with Gasteiger partial charge in [-0.1, -0.05) is 12.1 Å². The summed E-state index contributed by atoms with van der Waals surface area (Å²) >= 11 is 5.27. The molecule has 0 aliphatic heterocycles. The number of hydrogen-bond acceptors (Lipinski definition) is 2. The number of amides is 1. The Balaban J connectivity index is 1.94. The number of aromatic amines is 1. The summed E-state index contributed by atoms with van der Waals surface area (Å²) in [6.07, 6.45) is 1.53. The molecule has 4 nitrogen and oxygen atoms in total. The van der Waals surface area contributed by atoms with Gasteiger partial charge in [-0.25, -0.2) is 8.78 Å². The van der Waals surface area contributed by atoms with E-state index in [0.29, 0.717) is 28.3 Å². The van der Waals surface area contributed by atoms with E-state index in [2.05, 4.69) is 4.98 Å². The lowest BCUT2D eigenvalue weighted by Gasteiger charge is -2.21. The molecule has 0 bridgehead atoms. The highest BCUT2D eigenvalue weighted by Crippen LogP contribution is 2.17. The van der Waals surface area contributed by atoms with Crippen LogP contribution in [0.4, 0.5) is 8.78 Å². The lowest BCUT2D eigenvalue weighted by Crippen LogP contribution is -2.31. The molecule has 0 aliphatic rings.